The van der Waals surface area contributed by atoms with Crippen LogP contribution in [0.15, 0.2) is 42.5 Å². The maximum absolute atomic E-state index is 6.45. The highest BCUT2D eigenvalue weighted by Gasteiger charge is 2.14. The van der Waals surface area contributed by atoms with E-state index in [2.05, 4.69) is 53.5 Å². The van der Waals surface area contributed by atoms with Crippen molar-refractivity contribution in [1.82, 2.24) is 0 Å². The molecular weight excluding hydrogens is 296 g/mol. The Balaban J connectivity index is 1.68. The molecule has 3 rings (SSSR count). The Labute approximate surface area is 136 Å². The normalized spacial score (nSPS) is 14.9. The zero-order valence-electron chi connectivity index (χ0n) is 12.8. The first-order chi connectivity index (χ1) is 10.7. The molecule has 0 unspecified atom stereocenters. The second kappa shape index (κ2) is 7.03. The Morgan fingerprint density at radius 2 is 1.91 bits per heavy atom. The molecule has 0 radical (unpaired) electrons. The lowest BCUT2D eigenvalue weighted by Gasteiger charge is -2.29. The van der Waals surface area contributed by atoms with Crippen LogP contribution >= 0.6 is 11.6 Å². The van der Waals surface area contributed by atoms with E-state index < -0.39 is 0 Å². The van der Waals surface area contributed by atoms with Crippen molar-refractivity contribution in [2.75, 3.05) is 36.5 Å². The molecule has 1 saturated heterocycles. The van der Waals surface area contributed by atoms with Crippen molar-refractivity contribution >= 4 is 23.0 Å². The second-order valence-electron chi connectivity index (χ2n) is 5.55. The van der Waals surface area contributed by atoms with Crippen LogP contribution in [-0.2, 0) is 11.3 Å². The molecule has 0 atom stereocenters. The largest absolute Gasteiger partial charge is 0.381 e. The Kier molecular flexibility index (Phi) is 4.86. The van der Waals surface area contributed by atoms with Gasteiger partial charge in [-0.05, 0) is 36.2 Å². The lowest BCUT2D eigenvalue weighted by Crippen LogP contribution is -2.36. The van der Waals surface area contributed by atoms with Gasteiger partial charge in [0, 0.05) is 25.3 Å². The summed E-state index contributed by atoms with van der Waals surface area (Å²) in [5, 5.41) is 4.23. The predicted molar refractivity (Wildman–Crippen MR) is 93.0 cm³/mol. The van der Waals surface area contributed by atoms with E-state index in [4.69, 9.17) is 16.3 Å². The fraction of sp³-hybridized carbons (Fsp3) is 0.333. The molecule has 1 N–H and O–H groups in total. The first kappa shape index (κ1) is 15.2. The van der Waals surface area contributed by atoms with E-state index in [0.29, 0.717) is 0 Å². The van der Waals surface area contributed by atoms with Crippen LogP contribution in [0.1, 0.15) is 11.1 Å². The third-order valence-corrected chi connectivity index (χ3v) is 4.35. The maximum atomic E-state index is 6.45. The number of nitrogens with zero attached hydrogens (tertiary/aromatic N) is 1. The van der Waals surface area contributed by atoms with Crippen molar-refractivity contribution in [3.63, 3.8) is 0 Å². The molecule has 0 aliphatic carbocycles. The van der Waals surface area contributed by atoms with Gasteiger partial charge in [-0.15, -0.1) is 0 Å². The minimum absolute atomic E-state index is 0.767. The van der Waals surface area contributed by atoms with Gasteiger partial charge in [0.1, 0.15) is 0 Å². The minimum Gasteiger partial charge on any atom is -0.381 e. The first-order valence-electron chi connectivity index (χ1n) is 7.64. The molecule has 1 heterocycles. The van der Waals surface area contributed by atoms with E-state index in [1.807, 2.05) is 6.07 Å². The summed E-state index contributed by atoms with van der Waals surface area (Å²) in [6.07, 6.45) is 0. The standard InChI is InChI=1S/C18H21ClN2O/c1-14-4-2-3-5-15(14)13-20-16-6-7-18(17(19)12-16)21-8-10-22-11-9-21/h2-7,12,20H,8-11,13H2,1H3. The van der Waals surface area contributed by atoms with Gasteiger partial charge in [0.2, 0.25) is 0 Å². The number of ether oxygens (including phenoxy) is 1. The smallest absolute Gasteiger partial charge is 0.0660 e. The molecule has 0 amide bonds. The summed E-state index contributed by atoms with van der Waals surface area (Å²) in [4.78, 5) is 2.27. The molecule has 1 aliphatic rings. The molecule has 1 aliphatic heterocycles. The van der Waals surface area contributed by atoms with E-state index in [1.54, 1.807) is 0 Å². The lowest BCUT2D eigenvalue weighted by molar-refractivity contribution is 0.122. The molecule has 2 aromatic carbocycles. The average Bonchev–Trinajstić information content (AvgIpc) is 2.55. The molecule has 0 bridgehead atoms. The fourth-order valence-electron chi connectivity index (χ4n) is 2.68. The van der Waals surface area contributed by atoms with Gasteiger partial charge in [-0.1, -0.05) is 35.9 Å². The number of anilines is 2. The second-order valence-corrected chi connectivity index (χ2v) is 5.95. The molecule has 116 valence electrons. The van der Waals surface area contributed by atoms with Gasteiger partial charge in [-0.3, -0.25) is 0 Å². The molecule has 0 aromatic heterocycles. The lowest BCUT2D eigenvalue weighted by atomic mass is 10.1. The van der Waals surface area contributed by atoms with Gasteiger partial charge in [-0.2, -0.15) is 0 Å². The molecule has 3 nitrogen and oxygen atoms in total. The van der Waals surface area contributed by atoms with Gasteiger partial charge < -0.3 is 15.0 Å². The van der Waals surface area contributed by atoms with E-state index >= 15 is 0 Å². The van der Waals surface area contributed by atoms with E-state index in [9.17, 15) is 0 Å². The SMILES string of the molecule is Cc1ccccc1CNc1ccc(N2CCOCC2)c(Cl)c1. The minimum atomic E-state index is 0.767. The Morgan fingerprint density at radius 3 is 2.64 bits per heavy atom. The number of nitrogens with one attached hydrogen (secondary N) is 1. The zero-order valence-corrected chi connectivity index (χ0v) is 13.6. The zero-order chi connectivity index (χ0) is 15.4. The summed E-state index contributed by atoms with van der Waals surface area (Å²) >= 11 is 6.45. The monoisotopic (exact) mass is 316 g/mol. The number of rotatable bonds is 4. The maximum Gasteiger partial charge on any atom is 0.0660 e. The van der Waals surface area contributed by atoms with Crippen molar-refractivity contribution in [2.24, 2.45) is 0 Å². The number of benzene rings is 2. The molecule has 0 spiro atoms. The topological polar surface area (TPSA) is 24.5 Å². The summed E-state index contributed by atoms with van der Waals surface area (Å²) in [6.45, 7) is 6.27. The van der Waals surface area contributed by atoms with Crippen molar-refractivity contribution < 1.29 is 4.74 Å². The van der Waals surface area contributed by atoms with Gasteiger partial charge >= 0.3 is 0 Å². The summed E-state index contributed by atoms with van der Waals surface area (Å²) in [5.74, 6) is 0. The quantitative estimate of drug-likeness (QED) is 0.919. The highest BCUT2D eigenvalue weighted by Crippen LogP contribution is 2.29. The Bertz CT molecular complexity index is 639. The van der Waals surface area contributed by atoms with Crippen LogP contribution in [-0.4, -0.2) is 26.3 Å². The summed E-state index contributed by atoms with van der Waals surface area (Å²) < 4.78 is 5.39. The average molecular weight is 317 g/mol. The molecule has 2 aromatic rings. The van der Waals surface area contributed by atoms with Gasteiger partial charge in [-0.25, -0.2) is 0 Å². The highest BCUT2D eigenvalue weighted by molar-refractivity contribution is 6.33. The van der Waals surface area contributed by atoms with Gasteiger partial charge in [0.15, 0.2) is 0 Å². The van der Waals surface area contributed by atoms with E-state index in [1.165, 1.54) is 11.1 Å². The van der Waals surface area contributed by atoms with Crippen LogP contribution in [0.3, 0.4) is 0 Å². The van der Waals surface area contributed by atoms with E-state index in [0.717, 1.165) is 49.2 Å². The number of hydrogen-bond donors (Lipinski definition) is 1. The molecular formula is C18H21ClN2O. The first-order valence-corrected chi connectivity index (χ1v) is 8.02. The molecule has 1 fully saturated rings. The molecule has 0 saturated carbocycles. The van der Waals surface area contributed by atoms with Crippen LogP contribution in [0.2, 0.25) is 5.02 Å². The number of morpholine rings is 1. The van der Waals surface area contributed by atoms with Crippen molar-refractivity contribution in [3.8, 4) is 0 Å². The van der Waals surface area contributed by atoms with Crippen molar-refractivity contribution in [2.45, 2.75) is 13.5 Å². The van der Waals surface area contributed by atoms with Crippen LogP contribution in [0.25, 0.3) is 0 Å². The third-order valence-electron chi connectivity index (χ3n) is 4.04. The number of halogens is 1. The number of hydrogen-bond acceptors (Lipinski definition) is 3. The highest BCUT2D eigenvalue weighted by atomic mass is 35.5. The van der Waals surface area contributed by atoms with E-state index in [-0.39, 0.29) is 0 Å². The van der Waals surface area contributed by atoms with Crippen LogP contribution in [0.5, 0.6) is 0 Å². The summed E-state index contributed by atoms with van der Waals surface area (Å²) in [5.41, 5.74) is 4.73. The molecule has 4 heteroatoms. The van der Waals surface area contributed by atoms with Gasteiger partial charge in [0.05, 0.1) is 23.9 Å². The van der Waals surface area contributed by atoms with Crippen molar-refractivity contribution in [3.05, 3.63) is 58.6 Å². The van der Waals surface area contributed by atoms with Crippen LogP contribution in [0, 0.1) is 6.92 Å². The van der Waals surface area contributed by atoms with Crippen LogP contribution in [0.4, 0.5) is 11.4 Å². The Morgan fingerprint density at radius 1 is 1.14 bits per heavy atom. The fourth-order valence-corrected chi connectivity index (χ4v) is 2.98. The molecule has 22 heavy (non-hydrogen) atoms. The summed E-state index contributed by atoms with van der Waals surface area (Å²) in [7, 11) is 0. The van der Waals surface area contributed by atoms with Crippen molar-refractivity contribution in [1.29, 1.82) is 0 Å². The third kappa shape index (κ3) is 3.54. The predicted octanol–water partition coefficient (Wildman–Crippen LogP) is 4.10. The number of aryl methyl sites for hydroxylation is 1. The Hall–Kier alpha value is -1.71. The van der Waals surface area contributed by atoms with Gasteiger partial charge in [0.25, 0.3) is 0 Å². The summed E-state index contributed by atoms with van der Waals surface area (Å²) in [6, 6.07) is 14.6. The van der Waals surface area contributed by atoms with Crippen LogP contribution < -0.4 is 10.2 Å².